The van der Waals surface area contributed by atoms with Gasteiger partial charge in [-0.2, -0.15) is 0 Å². The van der Waals surface area contributed by atoms with Crippen LogP contribution in [0.25, 0.3) is 0 Å². The minimum Gasteiger partial charge on any atom is -0.479 e. The summed E-state index contributed by atoms with van der Waals surface area (Å²) in [5, 5.41) is 31.6. The maximum absolute atomic E-state index is 13.2. The molecule has 1 aliphatic rings. The maximum Gasteiger partial charge on any atom is 0.335 e. The highest BCUT2D eigenvalue weighted by atomic mass is 16.7. The van der Waals surface area contributed by atoms with Gasteiger partial charge >= 0.3 is 23.9 Å². The van der Waals surface area contributed by atoms with Crippen molar-refractivity contribution < 1.29 is 58.2 Å². The fraction of sp³-hybridized carbons (Fsp3) is 0.710. The zero-order chi connectivity index (χ0) is 58.9. The maximum atomic E-state index is 13.2. The van der Waals surface area contributed by atoms with Crippen molar-refractivity contribution >= 4 is 23.9 Å². The first kappa shape index (κ1) is 74.7. The van der Waals surface area contributed by atoms with E-state index in [4.69, 9.17) is 23.7 Å². The molecule has 0 aliphatic carbocycles. The smallest absolute Gasteiger partial charge is 0.335 e. The zero-order valence-electron chi connectivity index (χ0n) is 51.0. The molecule has 1 aliphatic heterocycles. The summed E-state index contributed by atoms with van der Waals surface area (Å²) in [5.74, 6) is -3.19. The van der Waals surface area contributed by atoms with Crippen LogP contribution in [-0.2, 0) is 42.9 Å². The Morgan fingerprint density at radius 2 is 0.778 bits per heavy atom. The molecule has 1 heterocycles. The van der Waals surface area contributed by atoms with E-state index in [9.17, 15) is 34.5 Å². The molecule has 0 amide bonds. The minimum atomic E-state index is -1.91. The second-order valence-electron chi connectivity index (χ2n) is 21.6. The molecular formula is C69H114O12. The van der Waals surface area contributed by atoms with Crippen molar-refractivity contribution in [2.24, 2.45) is 0 Å². The average Bonchev–Trinajstić information content (AvgIpc) is 3.53. The first-order valence-corrected chi connectivity index (χ1v) is 32.2. The minimum absolute atomic E-state index is 0.0537. The van der Waals surface area contributed by atoms with Gasteiger partial charge in [-0.1, -0.05) is 246 Å². The third-order valence-corrected chi connectivity index (χ3v) is 14.2. The normalized spacial score (nSPS) is 18.4. The quantitative estimate of drug-likeness (QED) is 0.0228. The molecule has 6 atom stereocenters. The van der Waals surface area contributed by atoms with Crippen LogP contribution in [-0.4, -0.2) is 89.2 Å². The van der Waals surface area contributed by atoms with Crippen LogP contribution < -0.4 is 0 Å². The second-order valence-corrected chi connectivity index (χ2v) is 21.6. The molecule has 81 heavy (non-hydrogen) atoms. The number of allylic oxidation sites excluding steroid dienone is 16. The lowest BCUT2D eigenvalue weighted by atomic mass is 9.98. The van der Waals surface area contributed by atoms with Crippen LogP contribution in [0.15, 0.2) is 97.2 Å². The van der Waals surface area contributed by atoms with Crippen molar-refractivity contribution in [1.82, 2.24) is 0 Å². The lowest BCUT2D eigenvalue weighted by Gasteiger charge is -2.40. The van der Waals surface area contributed by atoms with E-state index in [-0.39, 0.29) is 25.9 Å². The average molecular weight is 1140 g/mol. The SMILES string of the molecule is CC/C=C\C/C=C\C/C=C\C/C=C\CCCCCCCCC(=O)OCC(COC1OC(C(=O)O)C(O)C(O)C1OC(=O)CCCCCCCCCCCCCCCCCCC)OC(=O)CCCC/C=C\C/C=C\C/C=C\C/C=C\CC. The largest absolute Gasteiger partial charge is 0.479 e. The van der Waals surface area contributed by atoms with Gasteiger partial charge in [-0.05, 0) is 96.3 Å². The van der Waals surface area contributed by atoms with Crippen LogP contribution in [0.3, 0.4) is 0 Å². The number of carboxylic acids is 1. The Balaban J connectivity index is 2.69. The first-order valence-electron chi connectivity index (χ1n) is 32.2. The standard InChI is InChI=1S/C69H114O12/c1-4-7-10-13-16-19-22-25-28-30-31-33-35-37-40-43-46-49-52-55-61(70)77-58-60(79-62(71)56-53-50-47-44-41-38-34-27-24-21-18-15-12-9-6-3)59-78-69-67(65(74)64(73)66(81-69)68(75)76)80-63(72)57-54-51-48-45-42-39-36-32-29-26-23-20-17-14-11-8-5-2/h7,9-10,12,16,18-19,21,25,27-28,31,33-34,41,44,60,64-67,69,73-74H,4-6,8,11,13-15,17,20,22-24,26,29-30,32,35-40,42-43,45-59H2,1-3H3,(H,75,76)/b10-7-,12-9-,19-16-,21-18-,28-25-,33-31-,34-27-,44-41-. The molecule has 12 nitrogen and oxygen atoms in total. The van der Waals surface area contributed by atoms with Crippen molar-refractivity contribution in [1.29, 1.82) is 0 Å². The Kier molecular flexibility index (Phi) is 51.7. The summed E-state index contributed by atoms with van der Waals surface area (Å²) in [7, 11) is 0. The van der Waals surface area contributed by atoms with Crippen molar-refractivity contribution in [2.75, 3.05) is 13.2 Å². The van der Waals surface area contributed by atoms with Crippen LogP contribution in [0.1, 0.15) is 265 Å². The Morgan fingerprint density at radius 1 is 0.420 bits per heavy atom. The zero-order valence-corrected chi connectivity index (χ0v) is 51.0. The number of carbonyl (C=O) groups excluding carboxylic acids is 3. The number of rotatable bonds is 54. The van der Waals surface area contributed by atoms with Gasteiger partial charge in [-0.15, -0.1) is 0 Å². The van der Waals surface area contributed by atoms with Crippen molar-refractivity contribution in [3.05, 3.63) is 97.2 Å². The predicted molar refractivity (Wildman–Crippen MR) is 331 cm³/mol. The Hall–Kier alpha value is -4.36. The van der Waals surface area contributed by atoms with Crippen molar-refractivity contribution in [2.45, 2.75) is 302 Å². The highest BCUT2D eigenvalue weighted by Gasteiger charge is 2.50. The molecule has 3 N–H and O–H groups in total. The molecular weight excluding hydrogens is 1020 g/mol. The Bertz CT molecular complexity index is 1780. The van der Waals surface area contributed by atoms with Gasteiger partial charge in [0.05, 0.1) is 6.61 Å². The first-order chi connectivity index (χ1) is 39.6. The molecule has 0 aromatic heterocycles. The topological polar surface area (TPSA) is 175 Å². The summed E-state index contributed by atoms with van der Waals surface area (Å²) in [6.45, 7) is 5.74. The third kappa shape index (κ3) is 45.8. The van der Waals surface area contributed by atoms with Gasteiger partial charge < -0.3 is 39.0 Å². The Labute approximate surface area is 492 Å². The van der Waals surface area contributed by atoms with Crippen molar-refractivity contribution in [3.63, 3.8) is 0 Å². The number of carbonyl (C=O) groups is 4. The van der Waals surface area contributed by atoms with E-state index in [1.165, 1.54) is 77.0 Å². The van der Waals surface area contributed by atoms with Crippen LogP contribution in [0.4, 0.5) is 0 Å². The number of unbranched alkanes of at least 4 members (excludes halogenated alkanes) is 24. The van der Waals surface area contributed by atoms with Gasteiger partial charge in [0.2, 0.25) is 0 Å². The molecule has 0 spiro atoms. The number of ether oxygens (including phenoxy) is 5. The van der Waals surface area contributed by atoms with Gasteiger partial charge in [-0.3, -0.25) is 14.4 Å². The van der Waals surface area contributed by atoms with Gasteiger partial charge in [0.15, 0.2) is 24.6 Å². The lowest BCUT2D eigenvalue weighted by Crippen LogP contribution is -2.61. The summed E-state index contributed by atoms with van der Waals surface area (Å²) >= 11 is 0. The molecule has 1 saturated heterocycles. The number of aliphatic hydroxyl groups is 2. The van der Waals surface area contributed by atoms with Crippen LogP contribution in [0.2, 0.25) is 0 Å². The fourth-order valence-electron chi connectivity index (χ4n) is 9.29. The van der Waals surface area contributed by atoms with Crippen LogP contribution >= 0.6 is 0 Å². The van der Waals surface area contributed by atoms with Gasteiger partial charge in [0.1, 0.15) is 18.8 Å². The Morgan fingerprint density at radius 3 is 1.21 bits per heavy atom. The van der Waals surface area contributed by atoms with Crippen molar-refractivity contribution in [3.8, 4) is 0 Å². The summed E-state index contributed by atoms with van der Waals surface area (Å²) in [6.07, 6.45) is 62.3. The van der Waals surface area contributed by atoms with E-state index in [0.29, 0.717) is 19.3 Å². The molecule has 0 bridgehead atoms. The summed E-state index contributed by atoms with van der Waals surface area (Å²) in [4.78, 5) is 51.3. The van der Waals surface area contributed by atoms with E-state index in [1.54, 1.807) is 0 Å². The molecule has 0 saturated carbocycles. The molecule has 462 valence electrons. The highest BCUT2D eigenvalue weighted by molar-refractivity contribution is 5.74. The van der Waals surface area contributed by atoms with E-state index in [0.717, 1.165) is 128 Å². The second kappa shape index (κ2) is 56.1. The van der Waals surface area contributed by atoms with Gasteiger partial charge in [0.25, 0.3) is 0 Å². The monoisotopic (exact) mass is 1130 g/mol. The molecule has 1 rings (SSSR count). The van der Waals surface area contributed by atoms with E-state index < -0.39 is 67.3 Å². The number of carboxylic acid groups (broad SMARTS) is 1. The van der Waals surface area contributed by atoms with Gasteiger partial charge in [0, 0.05) is 19.3 Å². The number of hydrogen-bond donors (Lipinski definition) is 3. The number of aliphatic hydroxyl groups excluding tert-OH is 2. The molecule has 0 aromatic carbocycles. The van der Waals surface area contributed by atoms with Crippen LogP contribution in [0.5, 0.6) is 0 Å². The molecule has 0 radical (unpaired) electrons. The number of aliphatic carboxylic acids is 1. The molecule has 6 unspecified atom stereocenters. The summed E-state index contributed by atoms with van der Waals surface area (Å²) in [5.41, 5.74) is 0. The molecule has 1 fully saturated rings. The molecule has 12 heteroatoms. The predicted octanol–water partition coefficient (Wildman–Crippen LogP) is 17.2. The van der Waals surface area contributed by atoms with Crippen LogP contribution in [0, 0.1) is 0 Å². The fourth-order valence-corrected chi connectivity index (χ4v) is 9.29. The summed E-state index contributed by atoms with van der Waals surface area (Å²) < 4.78 is 28.5. The van der Waals surface area contributed by atoms with E-state index in [1.807, 2.05) is 0 Å². The van der Waals surface area contributed by atoms with Gasteiger partial charge in [-0.25, -0.2) is 4.79 Å². The van der Waals surface area contributed by atoms with E-state index in [2.05, 4.69) is 118 Å². The number of esters is 3. The highest BCUT2D eigenvalue weighted by Crippen LogP contribution is 2.27. The number of hydrogen-bond acceptors (Lipinski definition) is 11. The van der Waals surface area contributed by atoms with E-state index >= 15 is 0 Å². The lowest BCUT2D eigenvalue weighted by molar-refractivity contribution is -0.301. The summed E-state index contributed by atoms with van der Waals surface area (Å²) in [6, 6.07) is 0. The third-order valence-electron chi connectivity index (χ3n) is 14.2. The molecule has 0 aromatic rings.